The van der Waals surface area contributed by atoms with E-state index in [0.29, 0.717) is 13.2 Å². The summed E-state index contributed by atoms with van der Waals surface area (Å²) < 4.78 is 7.76. The Balaban J connectivity index is 2.05. The summed E-state index contributed by atoms with van der Waals surface area (Å²) in [5, 5.41) is 8.83. The maximum absolute atomic E-state index is 8.83. The molecule has 2 aromatic rings. The van der Waals surface area contributed by atoms with Crippen molar-refractivity contribution in [3.63, 3.8) is 0 Å². The standard InChI is InChI=1S/C15H21N3OSi/c1-20(2,3)10-9-19-12-18-11-17-15-13(7-8-16)5-4-6-14(15)18/h4-6,11H,7,9-10,12H2,1-3H3. The number of hydrogen-bond donors (Lipinski definition) is 0. The molecule has 0 saturated heterocycles. The summed E-state index contributed by atoms with van der Waals surface area (Å²) in [6.45, 7) is 8.36. The van der Waals surface area contributed by atoms with Gasteiger partial charge in [0.05, 0.1) is 29.9 Å². The highest BCUT2D eigenvalue weighted by molar-refractivity contribution is 6.76. The first kappa shape index (κ1) is 14.8. The Bertz CT molecular complexity index is 622. The van der Waals surface area contributed by atoms with Gasteiger partial charge in [0.1, 0.15) is 6.73 Å². The number of ether oxygens (including phenoxy) is 1. The number of nitrogens with zero attached hydrogens (tertiary/aromatic N) is 3. The van der Waals surface area contributed by atoms with Crippen molar-refractivity contribution < 1.29 is 4.74 Å². The molecule has 0 radical (unpaired) electrons. The Hall–Kier alpha value is -1.64. The van der Waals surface area contributed by atoms with Crippen molar-refractivity contribution in [2.24, 2.45) is 0 Å². The average molecular weight is 287 g/mol. The van der Waals surface area contributed by atoms with E-state index in [4.69, 9.17) is 10.00 Å². The van der Waals surface area contributed by atoms with E-state index in [1.54, 1.807) is 6.33 Å². The summed E-state index contributed by atoms with van der Waals surface area (Å²) in [5.41, 5.74) is 2.92. The van der Waals surface area contributed by atoms with Crippen molar-refractivity contribution in [1.82, 2.24) is 9.55 Å². The van der Waals surface area contributed by atoms with Gasteiger partial charge in [-0.05, 0) is 17.7 Å². The maximum Gasteiger partial charge on any atom is 0.124 e. The fourth-order valence-corrected chi connectivity index (χ4v) is 2.78. The number of benzene rings is 1. The third kappa shape index (κ3) is 3.68. The van der Waals surface area contributed by atoms with Gasteiger partial charge in [0, 0.05) is 14.7 Å². The van der Waals surface area contributed by atoms with Gasteiger partial charge in [0.15, 0.2) is 0 Å². The van der Waals surface area contributed by atoms with Gasteiger partial charge >= 0.3 is 0 Å². The summed E-state index contributed by atoms with van der Waals surface area (Å²) in [4.78, 5) is 4.41. The van der Waals surface area contributed by atoms with E-state index < -0.39 is 8.07 Å². The molecule has 1 heterocycles. The lowest BCUT2D eigenvalue weighted by Crippen LogP contribution is -2.21. The lowest BCUT2D eigenvalue weighted by Gasteiger charge is -2.15. The SMILES string of the molecule is C[Si](C)(C)CCOCn1cnc2c(CC#N)cccc21. The van der Waals surface area contributed by atoms with Gasteiger partial charge in [0.25, 0.3) is 0 Å². The van der Waals surface area contributed by atoms with Crippen LogP contribution in [-0.4, -0.2) is 24.2 Å². The number of fused-ring (bicyclic) bond motifs is 1. The van der Waals surface area contributed by atoms with Gasteiger partial charge in [-0.1, -0.05) is 31.8 Å². The van der Waals surface area contributed by atoms with Crippen LogP contribution in [0, 0.1) is 11.3 Å². The first-order valence-corrected chi connectivity index (χ1v) is 10.6. The van der Waals surface area contributed by atoms with Gasteiger partial charge in [-0.2, -0.15) is 5.26 Å². The first-order valence-electron chi connectivity index (χ1n) is 6.89. The van der Waals surface area contributed by atoms with Crippen LogP contribution in [0.25, 0.3) is 11.0 Å². The summed E-state index contributed by atoms with van der Waals surface area (Å²) in [6.07, 6.45) is 2.19. The smallest absolute Gasteiger partial charge is 0.124 e. The van der Waals surface area contributed by atoms with Crippen molar-refractivity contribution in [1.29, 1.82) is 5.26 Å². The Morgan fingerprint density at radius 3 is 2.85 bits per heavy atom. The largest absolute Gasteiger partial charge is 0.361 e. The zero-order valence-electron chi connectivity index (χ0n) is 12.4. The minimum atomic E-state index is -1.04. The molecule has 1 aromatic heterocycles. The highest BCUT2D eigenvalue weighted by atomic mass is 28.3. The molecular formula is C15H21N3OSi. The zero-order chi connectivity index (χ0) is 14.6. The van der Waals surface area contributed by atoms with Gasteiger partial charge in [-0.3, -0.25) is 0 Å². The molecule has 0 aliphatic heterocycles. The quantitative estimate of drug-likeness (QED) is 0.604. The number of nitriles is 1. The Morgan fingerprint density at radius 1 is 1.35 bits per heavy atom. The number of hydrogen-bond acceptors (Lipinski definition) is 3. The van der Waals surface area contributed by atoms with Crippen LogP contribution in [0.15, 0.2) is 24.5 Å². The minimum absolute atomic E-state index is 0.394. The van der Waals surface area contributed by atoms with E-state index >= 15 is 0 Å². The van der Waals surface area contributed by atoms with Crippen LogP contribution in [0.3, 0.4) is 0 Å². The molecule has 0 bridgehead atoms. The molecule has 106 valence electrons. The minimum Gasteiger partial charge on any atom is -0.361 e. The van der Waals surface area contributed by atoms with Gasteiger partial charge in [-0.25, -0.2) is 4.98 Å². The molecule has 0 aliphatic rings. The predicted molar refractivity (Wildman–Crippen MR) is 83.2 cm³/mol. The van der Waals surface area contributed by atoms with Crippen LogP contribution in [0.5, 0.6) is 0 Å². The topological polar surface area (TPSA) is 50.8 Å². The Labute approximate surface area is 121 Å². The molecule has 5 heteroatoms. The van der Waals surface area contributed by atoms with Crippen LogP contribution >= 0.6 is 0 Å². The lowest BCUT2D eigenvalue weighted by atomic mass is 10.1. The molecule has 0 unspecified atom stereocenters. The van der Waals surface area contributed by atoms with E-state index in [1.807, 2.05) is 22.8 Å². The number of imidazole rings is 1. The van der Waals surface area contributed by atoms with Gasteiger partial charge < -0.3 is 9.30 Å². The molecule has 1 aromatic carbocycles. The van der Waals surface area contributed by atoms with Crippen LogP contribution in [0.2, 0.25) is 25.7 Å². The predicted octanol–water partition coefficient (Wildman–Crippen LogP) is 3.41. The molecule has 0 spiro atoms. The molecular weight excluding hydrogens is 266 g/mol. The summed E-state index contributed by atoms with van der Waals surface area (Å²) >= 11 is 0. The normalized spacial score (nSPS) is 11.7. The number of para-hydroxylation sites is 1. The molecule has 20 heavy (non-hydrogen) atoms. The lowest BCUT2D eigenvalue weighted by molar-refractivity contribution is 0.0898. The second kappa shape index (κ2) is 6.20. The third-order valence-corrected chi connectivity index (χ3v) is 4.93. The molecule has 0 N–H and O–H groups in total. The fourth-order valence-electron chi connectivity index (χ4n) is 2.02. The van der Waals surface area contributed by atoms with Crippen molar-refractivity contribution in [2.75, 3.05) is 6.61 Å². The second-order valence-electron chi connectivity index (χ2n) is 6.18. The van der Waals surface area contributed by atoms with Gasteiger partial charge in [-0.15, -0.1) is 0 Å². The van der Waals surface area contributed by atoms with Gasteiger partial charge in [0.2, 0.25) is 0 Å². The van der Waals surface area contributed by atoms with E-state index in [-0.39, 0.29) is 0 Å². The molecule has 0 aliphatic carbocycles. The highest BCUT2D eigenvalue weighted by Gasteiger charge is 2.12. The van der Waals surface area contributed by atoms with Crippen molar-refractivity contribution >= 4 is 19.1 Å². The van der Waals surface area contributed by atoms with Crippen LogP contribution in [0.1, 0.15) is 5.56 Å². The van der Waals surface area contributed by atoms with E-state index in [1.165, 1.54) is 6.04 Å². The number of rotatable bonds is 6. The van der Waals surface area contributed by atoms with E-state index in [9.17, 15) is 0 Å². The molecule has 0 saturated carbocycles. The van der Waals surface area contributed by atoms with Crippen molar-refractivity contribution in [3.8, 4) is 6.07 Å². The van der Waals surface area contributed by atoms with Crippen LogP contribution < -0.4 is 0 Å². The molecule has 0 fully saturated rings. The molecule has 0 amide bonds. The fraction of sp³-hybridized carbons (Fsp3) is 0.467. The van der Waals surface area contributed by atoms with Crippen LogP contribution in [-0.2, 0) is 17.9 Å². The summed E-state index contributed by atoms with van der Waals surface area (Å²) in [7, 11) is -1.04. The second-order valence-corrected chi connectivity index (χ2v) is 11.8. The summed E-state index contributed by atoms with van der Waals surface area (Å²) in [5.74, 6) is 0. The Kier molecular flexibility index (Phi) is 4.58. The average Bonchev–Trinajstić information content (AvgIpc) is 2.78. The Morgan fingerprint density at radius 2 is 2.15 bits per heavy atom. The third-order valence-electron chi connectivity index (χ3n) is 3.23. The van der Waals surface area contributed by atoms with Crippen molar-refractivity contribution in [2.45, 2.75) is 38.8 Å². The van der Waals surface area contributed by atoms with Crippen molar-refractivity contribution in [3.05, 3.63) is 30.1 Å². The first-order chi connectivity index (χ1) is 9.51. The van der Waals surface area contributed by atoms with Crippen LogP contribution in [0.4, 0.5) is 0 Å². The van der Waals surface area contributed by atoms with E-state index in [2.05, 4.69) is 30.7 Å². The zero-order valence-corrected chi connectivity index (χ0v) is 13.4. The summed E-state index contributed by atoms with van der Waals surface area (Å²) in [6, 6.07) is 9.28. The number of aromatic nitrogens is 2. The maximum atomic E-state index is 8.83. The molecule has 2 rings (SSSR count). The monoisotopic (exact) mass is 287 g/mol. The molecule has 0 atom stereocenters. The highest BCUT2D eigenvalue weighted by Crippen LogP contribution is 2.18. The molecule has 4 nitrogen and oxygen atoms in total. The van der Waals surface area contributed by atoms with E-state index in [0.717, 1.165) is 23.2 Å².